The van der Waals surface area contributed by atoms with Gasteiger partial charge in [0.15, 0.2) is 11.6 Å². The van der Waals surface area contributed by atoms with Crippen molar-refractivity contribution in [1.29, 1.82) is 0 Å². The van der Waals surface area contributed by atoms with E-state index in [9.17, 15) is 22.4 Å². The second-order valence-electron chi connectivity index (χ2n) is 8.80. The van der Waals surface area contributed by atoms with Crippen LogP contribution in [0.25, 0.3) is 10.9 Å². The van der Waals surface area contributed by atoms with Gasteiger partial charge in [-0.05, 0) is 49.1 Å². The van der Waals surface area contributed by atoms with Crippen LogP contribution in [0.4, 0.5) is 23.2 Å². The Kier molecular flexibility index (Phi) is 7.65. The second kappa shape index (κ2) is 9.98. The van der Waals surface area contributed by atoms with Crippen molar-refractivity contribution in [3.05, 3.63) is 53.5 Å². The molecule has 4 nitrogen and oxygen atoms in total. The van der Waals surface area contributed by atoms with Gasteiger partial charge in [-0.15, -0.1) is 0 Å². The number of ether oxygens (including phenoxy) is 1. The van der Waals surface area contributed by atoms with Gasteiger partial charge in [-0.1, -0.05) is 49.5 Å². The molecule has 0 radical (unpaired) electrons. The van der Waals surface area contributed by atoms with Gasteiger partial charge in [0.05, 0.1) is 0 Å². The van der Waals surface area contributed by atoms with Crippen molar-refractivity contribution in [1.82, 2.24) is 4.98 Å². The lowest BCUT2D eigenvalue weighted by Gasteiger charge is -2.22. The maximum atomic E-state index is 14.9. The van der Waals surface area contributed by atoms with Crippen LogP contribution in [0.15, 0.2) is 36.5 Å². The molecular weight excluding hydrogens is 516 g/mol. The highest BCUT2D eigenvalue weighted by molar-refractivity contribution is 9.10. The lowest BCUT2D eigenvalue weighted by Crippen LogP contribution is -2.34. The first-order chi connectivity index (χ1) is 15.8. The predicted molar refractivity (Wildman–Crippen MR) is 129 cm³/mol. The topological polar surface area (TPSA) is 54.1 Å². The van der Waals surface area contributed by atoms with E-state index in [1.807, 2.05) is 27.0 Å². The molecule has 1 unspecified atom stereocenters. The summed E-state index contributed by atoms with van der Waals surface area (Å²) in [6.07, 6.45) is -1.01. The number of carbonyl (C=O) groups excluding carboxylic acids is 1. The molecule has 0 fully saturated rings. The second-order valence-corrected chi connectivity index (χ2v) is 10.5. The Bertz CT molecular complexity index is 1190. The minimum atomic E-state index is -4.90. The number of H-pyrrole nitrogens is 1. The number of nitrogens with one attached hydrogen (secondary N) is 2. The van der Waals surface area contributed by atoms with Gasteiger partial charge < -0.3 is 15.0 Å². The molecule has 1 heterocycles. The average Bonchev–Trinajstić information content (AvgIpc) is 3.16. The van der Waals surface area contributed by atoms with Crippen LogP contribution < -0.4 is 10.1 Å². The van der Waals surface area contributed by atoms with E-state index >= 15 is 0 Å². The molecule has 1 amide bonds. The van der Waals surface area contributed by atoms with Crippen molar-refractivity contribution in [3.63, 3.8) is 0 Å². The number of alkyl halides is 4. The van der Waals surface area contributed by atoms with Gasteiger partial charge in [0, 0.05) is 28.9 Å². The Morgan fingerprint density at radius 1 is 1.21 bits per heavy atom. The van der Waals surface area contributed by atoms with Crippen molar-refractivity contribution < 1.29 is 27.1 Å². The number of benzene rings is 2. The van der Waals surface area contributed by atoms with Crippen LogP contribution in [-0.4, -0.2) is 15.2 Å². The first kappa shape index (κ1) is 26.1. The summed E-state index contributed by atoms with van der Waals surface area (Å²) >= 11 is 3.32. The number of rotatable bonds is 8. The summed E-state index contributed by atoms with van der Waals surface area (Å²) in [7, 11) is 0. The van der Waals surface area contributed by atoms with E-state index in [2.05, 4.69) is 26.2 Å². The van der Waals surface area contributed by atoms with Crippen molar-refractivity contribution in [3.8, 4) is 11.5 Å². The zero-order valence-corrected chi connectivity index (χ0v) is 21.0. The summed E-state index contributed by atoms with van der Waals surface area (Å²) in [5.74, 6) is -2.48. The van der Waals surface area contributed by atoms with E-state index in [0.717, 1.165) is 35.4 Å². The van der Waals surface area contributed by atoms with Gasteiger partial charge in [0.2, 0.25) is 5.91 Å². The quantitative estimate of drug-likeness (QED) is 0.221. The predicted octanol–water partition coefficient (Wildman–Crippen LogP) is 8.52. The molecule has 1 aromatic heterocycles. The van der Waals surface area contributed by atoms with Gasteiger partial charge in [0.1, 0.15) is 15.6 Å². The van der Waals surface area contributed by atoms with Crippen LogP contribution in [0.2, 0.25) is 0 Å². The van der Waals surface area contributed by atoms with Crippen LogP contribution in [0, 0.1) is 5.82 Å². The maximum absolute atomic E-state index is 14.9. The molecule has 9 heteroatoms. The lowest BCUT2D eigenvalue weighted by molar-refractivity contribution is -0.138. The fourth-order valence-corrected chi connectivity index (χ4v) is 4.02. The lowest BCUT2D eigenvalue weighted by atomic mass is 10.0. The highest BCUT2D eigenvalue weighted by Crippen LogP contribution is 2.42. The number of aromatic nitrogens is 1. The van der Waals surface area contributed by atoms with Gasteiger partial charge in [0.25, 0.3) is 0 Å². The average molecular weight is 543 g/mol. The molecule has 0 saturated carbocycles. The molecule has 184 valence electrons. The van der Waals surface area contributed by atoms with E-state index in [-0.39, 0.29) is 17.4 Å². The molecule has 0 aliphatic carbocycles. The van der Waals surface area contributed by atoms with E-state index < -0.39 is 33.5 Å². The van der Waals surface area contributed by atoms with E-state index in [1.54, 1.807) is 19.1 Å². The first-order valence-electron chi connectivity index (χ1n) is 11.0. The smallest absolute Gasteiger partial charge is 0.420 e. The number of hydrogen-bond donors (Lipinski definition) is 2. The molecule has 34 heavy (non-hydrogen) atoms. The molecule has 0 aliphatic rings. The summed E-state index contributed by atoms with van der Waals surface area (Å²) in [5, 5.41) is 3.18. The normalized spacial score (nSPS) is 13.8. The number of amides is 1. The van der Waals surface area contributed by atoms with Crippen LogP contribution in [0.5, 0.6) is 11.5 Å². The van der Waals surface area contributed by atoms with Crippen LogP contribution in [0.1, 0.15) is 64.0 Å². The molecule has 2 aromatic carbocycles. The SMILES string of the molecule is CCCCC(C)(Br)C(=O)Nc1cc(F)c(Oc2ccc3[nH]cc(C(C)C)c3c2)c(C(F)(F)F)c1. The number of hydrogen-bond acceptors (Lipinski definition) is 2. The van der Waals surface area contributed by atoms with Crippen molar-refractivity contribution >= 4 is 38.4 Å². The van der Waals surface area contributed by atoms with Gasteiger partial charge in [-0.2, -0.15) is 13.2 Å². The summed E-state index contributed by atoms with van der Waals surface area (Å²) in [5.41, 5.74) is 0.154. The molecule has 0 bridgehead atoms. The van der Waals surface area contributed by atoms with Gasteiger partial charge in [-0.3, -0.25) is 4.79 Å². The Morgan fingerprint density at radius 3 is 2.53 bits per heavy atom. The number of fused-ring (bicyclic) bond motifs is 1. The molecular formula is C25H27BrF4N2O2. The Hall–Kier alpha value is -2.55. The van der Waals surface area contributed by atoms with Crippen LogP contribution in [-0.2, 0) is 11.0 Å². The molecule has 0 spiro atoms. The largest absolute Gasteiger partial charge is 0.454 e. The number of carbonyl (C=O) groups is 1. The number of aromatic amines is 1. The zero-order chi connectivity index (χ0) is 25.3. The first-order valence-corrected chi connectivity index (χ1v) is 11.8. The van der Waals surface area contributed by atoms with Gasteiger partial charge in [-0.25, -0.2) is 4.39 Å². The Labute approximate surface area is 204 Å². The third-order valence-electron chi connectivity index (χ3n) is 5.61. The van der Waals surface area contributed by atoms with Gasteiger partial charge >= 0.3 is 6.18 Å². The van der Waals surface area contributed by atoms with E-state index in [0.29, 0.717) is 12.5 Å². The van der Waals surface area contributed by atoms with Crippen molar-refractivity contribution in [2.45, 2.75) is 63.4 Å². The number of unbranched alkanes of at least 4 members (excludes halogenated alkanes) is 1. The fraction of sp³-hybridized carbons (Fsp3) is 0.400. The molecule has 1 atom stereocenters. The zero-order valence-electron chi connectivity index (χ0n) is 19.4. The fourth-order valence-electron chi connectivity index (χ4n) is 3.64. The highest BCUT2D eigenvalue weighted by Gasteiger charge is 2.38. The Balaban J connectivity index is 1.96. The number of anilines is 1. The number of halogens is 5. The molecule has 0 saturated heterocycles. The summed E-state index contributed by atoms with van der Waals surface area (Å²) < 4.78 is 60.9. The maximum Gasteiger partial charge on any atom is 0.420 e. The third-order valence-corrected chi connectivity index (χ3v) is 6.36. The standard InChI is InChI=1S/C25H27BrF4N2O2/c1-5-6-9-24(4,26)23(33)32-15-10-19(25(28,29)30)22(20(27)11-15)34-16-7-8-21-17(12-16)18(13-31-21)14(2)3/h7-8,10-14,31H,5-6,9H2,1-4H3,(H,32,33). The van der Waals surface area contributed by atoms with E-state index in [1.165, 1.54) is 6.07 Å². The molecule has 3 rings (SSSR count). The molecule has 2 N–H and O–H groups in total. The highest BCUT2D eigenvalue weighted by atomic mass is 79.9. The van der Waals surface area contributed by atoms with Crippen molar-refractivity contribution in [2.75, 3.05) is 5.32 Å². The summed E-state index contributed by atoms with van der Waals surface area (Å²) in [6, 6.07) is 6.25. The molecule has 3 aromatic rings. The molecule has 0 aliphatic heterocycles. The third kappa shape index (κ3) is 5.74. The van der Waals surface area contributed by atoms with Crippen molar-refractivity contribution in [2.24, 2.45) is 0 Å². The van der Waals surface area contributed by atoms with E-state index in [4.69, 9.17) is 4.74 Å². The van der Waals surface area contributed by atoms with Crippen LogP contribution >= 0.6 is 15.9 Å². The Morgan fingerprint density at radius 2 is 1.91 bits per heavy atom. The minimum Gasteiger partial charge on any atom is -0.454 e. The summed E-state index contributed by atoms with van der Waals surface area (Å²) in [4.78, 5) is 15.7. The van der Waals surface area contributed by atoms with Crippen LogP contribution in [0.3, 0.4) is 0 Å². The monoisotopic (exact) mass is 542 g/mol. The minimum absolute atomic E-state index is 0.0720. The summed E-state index contributed by atoms with van der Waals surface area (Å²) in [6.45, 7) is 7.57.